The van der Waals surface area contributed by atoms with Gasteiger partial charge in [-0.2, -0.15) is 5.26 Å². The third-order valence-corrected chi connectivity index (χ3v) is 5.59. The highest BCUT2D eigenvalue weighted by Crippen LogP contribution is 2.30. The molecule has 0 radical (unpaired) electrons. The van der Waals surface area contributed by atoms with Crippen LogP contribution in [0.5, 0.6) is 0 Å². The Morgan fingerprint density at radius 3 is 2.58 bits per heavy atom. The van der Waals surface area contributed by atoms with Gasteiger partial charge in [0.05, 0.1) is 16.6 Å². The number of hydrogen-bond acceptors (Lipinski definition) is 2. The lowest BCUT2D eigenvalue weighted by Crippen LogP contribution is -2.02. The van der Waals surface area contributed by atoms with Crippen LogP contribution in [-0.2, 0) is 6.54 Å². The third-order valence-electron chi connectivity index (χ3n) is 5.59. The van der Waals surface area contributed by atoms with E-state index in [1.54, 1.807) is 12.1 Å². The molecule has 5 heteroatoms. The molecule has 0 atom stereocenters. The maximum absolute atomic E-state index is 13.3. The minimum atomic E-state index is -0.244. The zero-order valence-corrected chi connectivity index (χ0v) is 16.9. The average Bonchev–Trinajstić information content (AvgIpc) is 3.33. The largest absolute Gasteiger partial charge is 0.340 e. The van der Waals surface area contributed by atoms with E-state index in [9.17, 15) is 9.65 Å². The summed E-state index contributed by atoms with van der Waals surface area (Å²) in [6.07, 6.45) is 1.90. The minimum absolute atomic E-state index is 0.244. The van der Waals surface area contributed by atoms with Crippen LogP contribution in [0.4, 0.5) is 4.39 Å². The standard InChI is InChI=1S/C26H19FN4/c1-17-22(14-19(15-28)26-29-23-7-3-4-8-24(23)30-26)21-6-2-5-9-25(21)31(17)16-18-10-12-20(27)13-11-18/h2-14H,16H2,1H3,(H,29,30)/b19-14+. The van der Waals surface area contributed by atoms with Crippen molar-refractivity contribution in [2.75, 3.05) is 0 Å². The lowest BCUT2D eigenvalue weighted by Gasteiger charge is -2.09. The molecule has 2 heterocycles. The zero-order valence-electron chi connectivity index (χ0n) is 16.9. The van der Waals surface area contributed by atoms with E-state index in [4.69, 9.17) is 0 Å². The normalized spacial score (nSPS) is 11.8. The van der Waals surface area contributed by atoms with Crippen LogP contribution >= 0.6 is 0 Å². The number of halogens is 1. The van der Waals surface area contributed by atoms with E-state index in [0.717, 1.165) is 38.8 Å². The van der Waals surface area contributed by atoms with E-state index in [1.165, 1.54) is 12.1 Å². The van der Waals surface area contributed by atoms with Crippen molar-refractivity contribution in [1.82, 2.24) is 14.5 Å². The van der Waals surface area contributed by atoms with Gasteiger partial charge in [0, 0.05) is 28.7 Å². The number of nitriles is 1. The average molecular weight is 406 g/mol. The lowest BCUT2D eigenvalue weighted by molar-refractivity contribution is 0.626. The van der Waals surface area contributed by atoms with E-state index >= 15 is 0 Å². The van der Waals surface area contributed by atoms with E-state index in [1.807, 2.05) is 49.4 Å². The van der Waals surface area contributed by atoms with Crippen molar-refractivity contribution < 1.29 is 4.39 Å². The number of H-pyrrole nitrogens is 1. The highest BCUT2D eigenvalue weighted by Gasteiger charge is 2.15. The van der Waals surface area contributed by atoms with Crippen LogP contribution in [-0.4, -0.2) is 14.5 Å². The van der Waals surface area contributed by atoms with Gasteiger partial charge in [0.2, 0.25) is 0 Å². The van der Waals surface area contributed by atoms with Gasteiger partial charge in [0.15, 0.2) is 0 Å². The summed E-state index contributed by atoms with van der Waals surface area (Å²) in [6.45, 7) is 2.66. The smallest absolute Gasteiger partial charge is 0.149 e. The molecule has 0 bridgehead atoms. The number of nitrogens with zero attached hydrogens (tertiary/aromatic N) is 3. The molecule has 5 rings (SSSR count). The molecule has 3 aromatic carbocycles. The SMILES string of the molecule is Cc1c(/C=C(\C#N)c2nc3ccccc3[nH]2)c2ccccc2n1Cc1ccc(F)cc1. The molecule has 0 aliphatic carbocycles. The Balaban J connectivity index is 1.64. The maximum atomic E-state index is 13.3. The van der Waals surface area contributed by atoms with Crippen LogP contribution in [0.15, 0.2) is 72.8 Å². The zero-order chi connectivity index (χ0) is 21.4. The molecule has 0 unspecified atom stereocenters. The molecule has 0 aliphatic rings. The molecule has 0 spiro atoms. The van der Waals surface area contributed by atoms with Gasteiger partial charge in [-0.1, -0.05) is 42.5 Å². The topological polar surface area (TPSA) is 57.4 Å². The second kappa shape index (κ2) is 7.58. The fourth-order valence-electron chi connectivity index (χ4n) is 3.99. The van der Waals surface area contributed by atoms with Gasteiger partial charge in [0.25, 0.3) is 0 Å². The van der Waals surface area contributed by atoms with Gasteiger partial charge in [0.1, 0.15) is 17.7 Å². The first-order valence-electron chi connectivity index (χ1n) is 10.0. The van der Waals surface area contributed by atoms with Crippen LogP contribution in [0, 0.1) is 24.1 Å². The first kappa shape index (κ1) is 18.8. The van der Waals surface area contributed by atoms with Crippen molar-refractivity contribution in [1.29, 1.82) is 5.26 Å². The summed E-state index contributed by atoms with van der Waals surface area (Å²) in [6, 6.07) is 24.7. The van der Waals surface area contributed by atoms with Gasteiger partial charge >= 0.3 is 0 Å². The molecule has 1 N–H and O–H groups in total. The highest BCUT2D eigenvalue weighted by atomic mass is 19.1. The number of para-hydroxylation sites is 3. The molecule has 0 amide bonds. The number of nitrogens with one attached hydrogen (secondary N) is 1. The summed E-state index contributed by atoms with van der Waals surface area (Å²) in [7, 11) is 0. The first-order chi connectivity index (χ1) is 15.1. The van der Waals surface area contributed by atoms with Crippen LogP contribution in [0.1, 0.15) is 22.6 Å². The number of imidazole rings is 1. The monoisotopic (exact) mass is 406 g/mol. The summed E-state index contributed by atoms with van der Waals surface area (Å²) in [5.74, 6) is 0.310. The Morgan fingerprint density at radius 2 is 1.81 bits per heavy atom. The molecular weight excluding hydrogens is 387 g/mol. The first-order valence-corrected chi connectivity index (χ1v) is 10.0. The fraction of sp³-hybridized carbons (Fsp3) is 0.0769. The highest BCUT2D eigenvalue weighted by molar-refractivity contribution is 5.99. The molecule has 150 valence electrons. The minimum Gasteiger partial charge on any atom is -0.340 e. The number of aromatic amines is 1. The van der Waals surface area contributed by atoms with Crippen molar-refractivity contribution in [3.63, 3.8) is 0 Å². The van der Waals surface area contributed by atoms with Gasteiger partial charge in [-0.05, 0) is 48.9 Å². The fourth-order valence-corrected chi connectivity index (χ4v) is 3.99. The number of aromatic nitrogens is 3. The van der Waals surface area contributed by atoms with Gasteiger partial charge in [-0.15, -0.1) is 0 Å². The maximum Gasteiger partial charge on any atom is 0.149 e. The number of hydrogen-bond donors (Lipinski definition) is 1. The molecular formula is C26H19FN4. The van der Waals surface area contributed by atoms with Crippen molar-refractivity contribution in [3.05, 3.63) is 101 Å². The predicted octanol–water partition coefficient (Wildman–Crippen LogP) is 6.08. The van der Waals surface area contributed by atoms with Crippen LogP contribution < -0.4 is 0 Å². The quantitative estimate of drug-likeness (QED) is 0.368. The number of rotatable bonds is 4. The number of benzene rings is 3. The van der Waals surface area contributed by atoms with Crippen molar-refractivity contribution in [2.45, 2.75) is 13.5 Å². The Hall–Kier alpha value is -4.17. The van der Waals surface area contributed by atoms with Crippen molar-refractivity contribution in [2.24, 2.45) is 0 Å². The Labute approximate surface area is 178 Å². The molecule has 0 aliphatic heterocycles. The summed E-state index contributed by atoms with van der Waals surface area (Å²) >= 11 is 0. The Morgan fingerprint density at radius 1 is 1.06 bits per heavy atom. The molecule has 31 heavy (non-hydrogen) atoms. The number of allylic oxidation sites excluding steroid dienone is 1. The van der Waals surface area contributed by atoms with Crippen molar-refractivity contribution in [3.8, 4) is 6.07 Å². The summed E-state index contributed by atoms with van der Waals surface area (Å²) in [5.41, 5.74) is 6.30. The van der Waals surface area contributed by atoms with Crippen LogP contribution in [0.3, 0.4) is 0 Å². The van der Waals surface area contributed by atoms with Gasteiger partial charge in [-0.3, -0.25) is 0 Å². The molecule has 5 aromatic rings. The second-order valence-electron chi connectivity index (χ2n) is 7.50. The van der Waals surface area contributed by atoms with Crippen LogP contribution in [0.25, 0.3) is 33.6 Å². The van der Waals surface area contributed by atoms with E-state index < -0.39 is 0 Å². The third kappa shape index (κ3) is 3.38. The van der Waals surface area contributed by atoms with Gasteiger partial charge < -0.3 is 9.55 Å². The van der Waals surface area contributed by atoms with E-state index in [0.29, 0.717) is 17.9 Å². The second-order valence-corrected chi connectivity index (χ2v) is 7.50. The van der Waals surface area contributed by atoms with Gasteiger partial charge in [-0.25, -0.2) is 9.37 Å². The van der Waals surface area contributed by atoms with E-state index in [2.05, 4.69) is 32.7 Å². The lowest BCUT2D eigenvalue weighted by atomic mass is 10.1. The molecule has 2 aromatic heterocycles. The molecule has 0 saturated carbocycles. The Bertz CT molecular complexity index is 1450. The Kier molecular flexibility index (Phi) is 4.61. The molecule has 0 saturated heterocycles. The number of fused-ring (bicyclic) bond motifs is 2. The molecule has 4 nitrogen and oxygen atoms in total. The van der Waals surface area contributed by atoms with Crippen molar-refractivity contribution >= 4 is 33.6 Å². The summed E-state index contributed by atoms with van der Waals surface area (Å²) in [5, 5.41) is 10.9. The summed E-state index contributed by atoms with van der Waals surface area (Å²) < 4.78 is 15.5. The summed E-state index contributed by atoms with van der Waals surface area (Å²) in [4.78, 5) is 7.83. The predicted molar refractivity (Wildman–Crippen MR) is 122 cm³/mol. The molecule has 0 fully saturated rings. The van der Waals surface area contributed by atoms with E-state index in [-0.39, 0.29) is 5.82 Å². The van der Waals surface area contributed by atoms with Crippen LogP contribution in [0.2, 0.25) is 0 Å².